The van der Waals surface area contributed by atoms with Crippen LogP contribution in [0.3, 0.4) is 0 Å². The van der Waals surface area contributed by atoms with E-state index >= 15 is 0 Å². The largest absolute Gasteiger partial charge is 0.396 e. The van der Waals surface area contributed by atoms with Gasteiger partial charge in [-0.2, -0.15) is 0 Å². The fourth-order valence-electron chi connectivity index (χ4n) is 0.922. The van der Waals surface area contributed by atoms with Gasteiger partial charge in [0.25, 0.3) is 0 Å². The number of carbonyl (C=O) groups excluding carboxylic acids is 1. The number of aliphatic hydroxyl groups is 1. The fraction of sp³-hybridized carbons (Fsp3) is 0.625. The molecule has 0 atom stereocenters. The normalized spacial score (nSPS) is 16.9. The summed E-state index contributed by atoms with van der Waals surface area (Å²) in [5.41, 5.74) is 0.717. The van der Waals surface area contributed by atoms with Gasteiger partial charge in [0.05, 0.1) is 6.61 Å². The van der Waals surface area contributed by atoms with Crippen LogP contribution in [-0.2, 0) is 4.79 Å². The van der Waals surface area contributed by atoms with Crippen molar-refractivity contribution in [2.75, 3.05) is 6.61 Å². The molecular formula is C8H12O2. The lowest BCUT2D eigenvalue weighted by Gasteiger charge is -1.98. The van der Waals surface area contributed by atoms with Crippen LogP contribution in [0.1, 0.15) is 19.3 Å². The van der Waals surface area contributed by atoms with Gasteiger partial charge in [0.1, 0.15) is 0 Å². The van der Waals surface area contributed by atoms with Crippen molar-refractivity contribution >= 4 is 5.78 Å². The summed E-state index contributed by atoms with van der Waals surface area (Å²) in [6, 6.07) is 0. The van der Waals surface area contributed by atoms with E-state index in [0.717, 1.165) is 12.8 Å². The van der Waals surface area contributed by atoms with E-state index in [1.807, 2.05) is 0 Å². The Morgan fingerprint density at radius 2 is 2.20 bits per heavy atom. The van der Waals surface area contributed by atoms with Gasteiger partial charge in [-0.25, -0.2) is 0 Å². The van der Waals surface area contributed by atoms with Crippen LogP contribution < -0.4 is 0 Å². The maximum Gasteiger partial charge on any atom is 0.160 e. The van der Waals surface area contributed by atoms with E-state index in [0.29, 0.717) is 11.5 Å². The topological polar surface area (TPSA) is 37.3 Å². The Labute approximate surface area is 60.6 Å². The molecule has 1 N–H and O–H groups in total. The standard InChI is InChI=1S/C8H12O2/c1-6(7-2-3-7)8(10)4-5-9/h7,9H,1-5H2. The molecule has 0 aromatic rings. The Hall–Kier alpha value is -0.630. The van der Waals surface area contributed by atoms with Crippen molar-refractivity contribution in [3.05, 3.63) is 12.2 Å². The van der Waals surface area contributed by atoms with Crippen LogP contribution >= 0.6 is 0 Å². The van der Waals surface area contributed by atoms with Gasteiger partial charge in [-0.15, -0.1) is 0 Å². The molecule has 0 aromatic heterocycles. The van der Waals surface area contributed by atoms with Crippen molar-refractivity contribution in [1.29, 1.82) is 0 Å². The van der Waals surface area contributed by atoms with Gasteiger partial charge in [-0.05, 0) is 24.3 Å². The van der Waals surface area contributed by atoms with Gasteiger partial charge in [0.15, 0.2) is 5.78 Å². The lowest BCUT2D eigenvalue weighted by Crippen LogP contribution is -2.04. The highest BCUT2D eigenvalue weighted by atomic mass is 16.3. The molecule has 56 valence electrons. The van der Waals surface area contributed by atoms with E-state index in [4.69, 9.17) is 5.11 Å². The Kier molecular flexibility index (Phi) is 2.22. The van der Waals surface area contributed by atoms with E-state index in [9.17, 15) is 4.79 Å². The molecule has 1 aliphatic rings. The minimum atomic E-state index is -0.0510. The molecule has 1 fully saturated rings. The maximum absolute atomic E-state index is 11.0. The zero-order chi connectivity index (χ0) is 7.56. The lowest BCUT2D eigenvalue weighted by atomic mass is 10.1. The zero-order valence-corrected chi connectivity index (χ0v) is 5.97. The molecule has 0 saturated heterocycles. The molecule has 0 aromatic carbocycles. The third-order valence-electron chi connectivity index (χ3n) is 1.77. The second-order valence-electron chi connectivity index (χ2n) is 2.70. The van der Waals surface area contributed by atoms with Gasteiger partial charge in [-0.1, -0.05) is 6.58 Å². The molecule has 10 heavy (non-hydrogen) atoms. The first-order chi connectivity index (χ1) is 4.75. The number of hydrogen-bond acceptors (Lipinski definition) is 2. The van der Waals surface area contributed by atoms with E-state index < -0.39 is 0 Å². The minimum Gasteiger partial charge on any atom is -0.396 e. The van der Waals surface area contributed by atoms with Crippen LogP contribution in [0.25, 0.3) is 0 Å². The number of ketones is 1. The SMILES string of the molecule is C=C(C(=O)CCO)C1CC1. The van der Waals surface area contributed by atoms with Crippen LogP contribution in [0.2, 0.25) is 0 Å². The minimum absolute atomic E-state index is 0.0324. The number of carbonyl (C=O) groups is 1. The quantitative estimate of drug-likeness (QED) is 0.589. The molecule has 0 aliphatic heterocycles. The second kappa shape index (κ2) is 2.97. The maximum atomic E-state index is 11.0. The molecule has 1 saturated carbocycles. The highest BCUT2D eigenvalue weighted by Gasteiger charge is 2.27. The number of Topliss-reactive ketones (excluding diaryl/α,β-unsaturated/α-hetero) is 1. The zero-order valence-electron chi connectivity index (χ0n) is 5.97. The van der Waals surface area contributed by atoms with Crippen LogP contribution in [0, 0.1) is 5.92 Å². The molecule has 0 radical (unpaired) electrons. The van der Waals surface area contributed by atoms with E-state index in [2.05, 4.69) is 6.58 Å². The summed E-state index contributed by atoms with van der Waals surface area (Å²) in [5.74, 6) is 0.476. The van der Waals surface area contributed by atoms with Crippen LogP contribution in [0.5, 0.6) is 0 Å². The third kappa shape index (κ3) is 1.67. The monoisotopic (exact) mass is 140 g/mol. The van der Waals surface area contributed by atoms with Gasteiger partial charge in [0.2, 0.25) is 0 Å². The predicted octanol–water partition coefficient (Wildman–Crippen LogP) is 0.904. The van der Waals surface area contributed by atoms with Crippen molar-refractivity contribution in [2.24, 2.45) is 5.92 Å². The predicted molar refractivity (Wildman–Crippen MR) is 38.6 cm³/mol. The molecular weight excluding hydrogens is 128 g/mol. The summed E-state index contributed by atoms with van der Waals surface area (Å²) in [6.45, 7) is 3.62. The molecule has 1 rings (SSSR count). The molecule has 2 nitrogen and oxygen atoms in total. The summed E-state index contributed by atoms with van der Waals surface area (Å²) < 4.78 is 0. The smallest absolute Gasteiger partial charge is 0.160 e. The fourth-order valence-corrected chi connectivity index (χ4v) is 0.922. The van der Waals surface area contributed by atoms with Crippen LogP contribution in [0.15, 0.2) is 12.2 Å². The molecule has 1 aliphatic carbocycles. The van der Waals surface area contributed by atoms with E-state index in [1.165, 1.54) is 0 Å². The second-order valence-corrected chi connectivity index (χ2v) is 2.70. The van der Waals surface area contributed by atoms with Crippen LogP contribution in [-0.4, -0.2) is 17.5 Å². The molecule has 0 amide bonds. The van der Waals surface area contributed by atoms with Gasteiger partial charge < -0.3 is 5.11 Å². The van der Waals surface area contributed by atoms with Crippen molar-refractivity contribution in [3.63, 3.8) is 0 Å². The highest BCUT2D eigenvalue weighted by Crippen LogP contribution is 2.36. The summed E-state index contributed by atoms with van der Waals surface area (Å²) in [6.07, 6.45) is 2.46. The first-order valence-electron chi connectivity index (χ1n) is 3.58. The van der Waals surface area contributed by atoms with Gasteiger partial charge in [-0.3, -0.25) is 4.79 Å². The Bertz CT molecular complexity index is 157. The number of aliphatic hydroxyl groups excluding tert-OH is 1. The van der Waals surface area contributed by atoms with Gasteiger partial charge >= 0.3 is 0 Å². The average molecular weight is 140 g/mol. The molecule has 2 heteroatoms. The van der Waals surface area contributed by atoms with Crippen LogP contribution in [0.4, 0.5) is 0 Å². The summed E-state index contributed by atoms with van der Waals surface area (Å²) in [5, 5.41) is 8.43. The van der Waals surface area contributed by atoms with E-state index in [-0.39, 0.29) is 18.8 Å². The summed E-state index contributed by atoms with van der Waals surface area (Å²) >= 11 is 0. The Morgan fingerprint density at radius 1 is 1.60 bits per heavy atom. The number of hydrogen-bond donors (Lipinski definition) is 1. The molecule has 0 heterocycles. The summed E-state index contributed by atoms with van der Waals surface area (Å²) in [7, 11) is 0. The number of rotatable bonds is 4. The first-order valence-corrected chi connectivity index (χ1v) is 3.58. The average Bonchev–Trinajstić information content (AvgIpc) is 2.68. The third-order valence-corrected chi connectivity index (χ3v) is 1.77. The lowest BCUT2D eigenvalue weighted by molar-refractivity contribution is -0.116. The van der Waals surface area contributed by atoms with Crippen molar-refractivity contribution in [1.82, 2.24) is 0 Å². The van der Waals surface area contributed by atoms with Crippen molar-refractivity contribution in [2.45, 2.75) is 19.3 Å². The highest BCUT2D eigenvalue weighted by molar-refractivity contribution is 5.95. The molecule has 0 bridgehead atoms. The van der Waals surface area contributed by atoms with Crippen molar-refractivity contribution < 1.29 is 9.90 Å². The number of allylic oxidation sites excluding steroid dienone is 1. The molecule has 0 spiro atoms. The summed E-state index contributed by atoms with van der Waals surface area (Å²) in [4.78, 5) is 11.0. The molecule has 0 unspecified atom stereocenters. The van der Waals surface area contributed by atoms with E-state index in [1.54, 1.807) is 0 Å². The van der Waals surface area contributed by atoms with Gasteiger partial charge in [0, 0.05) is 6.42 Å². The van der Waals surface area contributed by atoms with Crippen molar-refractivity contribution in [3.8, 4) is 0 Å². The first kappa shape index (κ1) is 7.48. The Morgan fingerprint density at radius 3 is 2.60 bits per heavy atom. The Balaban J connectivity index is 2.32.